The number of hydrogen-bond acceptors (Lipinski definition) is 4. The van der Waals surface area contributed by atoms with Crippen LogP contribution in [0.2, 0.25) is 0 Å². The van der Waals surface area contributed by atoms with Crippen LogP contribution in [0.3, 0.4) is 0 Å². The molecule has 1 unspecified atom stereocenters. The quantitative estimate of drug-likeness (QED) is 0.743. The van der Waals surface area contributed by atoms with Crippen molar-refractivity contribution in [1.29, 1.82) is 0 Å². The lowest BCUT2D eigenvalue weighted by molar-refractivity contribution is -0.139. The maximum atomic E-state index is 12.9. The summed E-state index contributed by atoms with van der Waals surface area (Å²) in [5.74, 6) is -2.15. The number of amides is 2. The first-order chi connectivity index (χ1) is 12.8. The first-order valence-electron chi connectivity index (χ1n) is 8.70. The highest BCUT2D eigenvalue weighted by Crippen LogP contribution is 2.27. The number of rotatable bonds is 8. The van der Waals surface area contributed by atoms with E-state index in [9.17, 15) is 23.2 Å². The molecule has 1 aromatic rings. The number of ether oxygens (including phenoxy) is 1. The van der Waals surface area contributed by atoms with Crippen LogP contribution in [0.5, 0.6) is 5.75 Å². The molecule has 148 valence electrons. The van der Waals surface area contributed by atoms with E-state index in [1.807, 2.05) is 0 Å². The van der Waals surface area contributed by atoms with Gasteiger partial charge in [-0.3, -0.25) is 14.4 Å². The number of para-hydroxylation sites is 1. The Labute approximate surface area is 155 Å². The van der Waals surface area contributed by atoms with Gasteiger partial charge < -0.3 is 19.6 Å². The van der Waals surface area contributed by atoms with Crippen LogP contribution >= 0.6 is 0 Å². The van der Waals surface area contributed by atoms with Crippen molar-refractivity contribution in [3.05, 3.63) is 29.8 Å². The number of likely N-dealkylation sites (N-methyl/N-ethyl adjacent to an activating group) is 1. The van der Waals surface area contributed by atoms with Gasteiger partial charge in [0.25, 0.3) is 5.91 Å². The molecule has 27 heavy (non-hydrogen) atoms. The molecular weight excluding hydrogens is 362 g/mol. The smallest absolute Gasteiger partial charge is 0.387 e. The van der Waals surface area contributed by atoms with E-state index in [-0.39, 0.29) is 30.2 Å². The second kappa shape index (κ2) is 9.29. The molecule has 0 bridgehead atoms. The minimum atomic E-state index is -3.07. The van der Waals surface area contributed by atoms with Gasteiger partial charge in [-0.2, -0.15) is 8.78 Å². The van der Waals surface area contributed by atoms with Gasteiger partial charge in [0.1, 0.15) is 11.8 Å². The minimum Gasteiger partial charge on any atom is -0.481 e. The number of carboxylic acid groups (broad SMARTS) is 1. The molecule has 1 aliphatic heterocycles. The molecule has 0 saturated carbocycles. The summed E-state index contributed by atoms with van der Waals surface area (Å²) in [6.45, 7) is -0.660. The van der Waals surface area contributed by atoms with Crippen LogP contribution in [0.1, 0.15) is 36.5 Å². The number of hydrogen-bond donors (Lipinski definition) is 1. The van der Waals surface area contributed by atoms with Gasteiger partial charge >= 0.3 is 12.6 Å². The van der Waals surface area contributed by atoms with Gasteiger partial charge in [0.15, 0.2) is 0 Å². The molecule has 0 aliphatic carbocycles. The predicted molar refractivity (Wildman–Crippen MR) is 91.6 cm³/mol. The molecule has 1 saturated heterocycles. The van der Waals surface area contributed by atoms with Gasteiger partial charge in [-0.25, -0.2) is 0 Å². The topological polar surface area (TPSA) is 87.2 Å². The summed E-state index contributed by atoms with van der Waals surface area (Å²) in [6.07, 6.45) is 0.841. The zero-order valence-corrected chi connectivity index (χ0v) is 14.9. The Morgan fingerprint density at radius 1 is 1.33 bits per heavy atom. The van der Waals surface area contributed by atoms with Crippen LogP contribution in [-0.2, 0) is 9.59 Å². The van der Waals surface area contributed by atoms with E-state index in [0.717, 1.165) is 0 Å². The lowest BCUT2D eigenvalue weighted by Gasteiger charge is -2.29. The van der Waals surface area contributed by atoms with Gasteiger partial charge in [-0.1, -0.05) is 12.1 Å². The SMILES string of the molecule is CCN(CCC(=O)O)C(=O)C1CCCN1C(=O)c1ccccc1OC(F)F. The van der Waals surface area contributed by atoms with E-state index < -0.39 is 24.5 Å². The summed E-state index contributed by atoms with van der Waals surface area (Å²) in [6, 6.07) is 4.92. The molecule has 0 spiro atoms. The molecule has 1 fully saturated rings. The lowest BCUT2D eigenvalue weighted by Crippen LogP contribution is -2.48. The molecule has 1 atom stereocenters. The summed E-state index contributed by atoms with van der Waals surface area (Å²) in [5, 5.41) is 8.82. The molecule has 1 aliphatic rings. The molecule has 7 nitrogen and oxygen atoms in total. The average molecular weight is 384 g/mol. The third-order valence-electron chi connectivity index (χ3n) is 4.42. The van der Waals surface area contributed by atoms with E-state index in [2.05, 4.69) is 4.74 Å². The van der Waals surface area contributed by atoms with Gasteiger partial charge in [-0.15, -0.1) is 0 Å². The summed E-state index contributed by atoms with van der Waals surface area (Å²) in [7, 11) is 0. The monoisotopic (exact) mass is 384 g/mol. The summed E-state index contributed by atoms with van der Waals surface area (Å²) >= 11 is 0. The van der Waals surface area contributed by atoms with Crippen LogP contribution in [0.4, 0.5) is 8.78 Å². The van der Waals surface area contributed by atoms with E-state index >= 15 is 0 Å². The van der Waals surface area contributed by atoms with Crippen LogP contribution in [0.25, 0.3) is 0 Å². The number of carbonyl (C=O) groups excluding carboxylic acids is 2. The van der Waals surface area contributed by atoms with Crippen molar-refractivity contribution in [2.24, 2.45) is 0 Å². The first kappa shape index (κ1) is 20.6. The predicted octanol–water partition coefficient (Wildman–Crippen LogP) is 2.22. The fourth-order valence-electron chi connectivity index (χ4n) is 3.13. The molecule has 0 radical (unpaired) electrons. The molecule has 2 amide bonds. The highest BCUT2D eigenvalue weighted by molar-refractivity contribution is 6.00. The number of nitrogens with zero attached hydrogens (tertiary/aromatic N) is 2. The van der Waals surface area contributed by atoms with Gasteiger partial charge in [0.2, 0.25) is 5.91 Å². The number of likely N-dealkylation sites (tertiary alicyclic amines) is 1. The maximum Gasteiger partial charge on any atom is 0.387 e. The Hall–Kier alpha value is -2.71. The minimum absolute atomic E-state index is 0.0360. The second-order valence-electron chi connectivity index (χ2n) is 6.09. The Morgan fingerprint density at radius 3 is 2.67 bits per heavy atom. The average Bonchev–Trinajstić information content (AvgIpc) is 3.11. The fourth-order valence-corrected chi connectivity index (χ4v) is 3.13. The Morgan fingerprint density at radius 2 is 2.04 bits per heavy atom. The Kier molecular flexibility index (Phi) is 7.09. The number of halogens is 2. The second-order valence-corrected chi connectivity index (χ2v) is 6.09. The van der Waals surface area contributed by atoms with Crippen LogP contribution < -0.4 is 4.74 Å². The van der Waals surface area contributed by atoms with E-state index in [1.54, 1.807) is 6.92 Å². The number of carboxylic acids is 1. The van der Waals surface area contributed by atoms with Gasteiger partial charge in [0.05, 0.1) is 12.0 Å². The van der Waals surface area contributed by atoms with Crippen LogP contribution in [-0.4, -0.2) is 65.0 Å². The molecule has 1 heterocycles. The molecule has 1 aromatic carbocycles. The normalized spacial score (nSPS) is 16.4. The summed E-state index contributed by atoms with van der Waals surface area (Å²) in [4.78, 5) is 39.2. The van der Waals surface area contributed by atoms with E-state index in [0.29, 0.717) is 25.9 Å². The zero-order chi connectivity index (χ0) is 20.0. The van der Waals surface area contributed by atoms with Crippen molar-refractivity contribution in [1.82, 2.24) is 9.80 Å². The molecular formula is C18H22F2N2O5. The van der Waals surface area contributed by atoms with Crippen molar-refractivity contribution in [3.8, 4) is 5.75 Å². The highest BCUT2D eigenvalue weighted by Gasteiger charge is 2.37. The molecule has 0 aromatic heterocycles. The van der Waals surface area contributed by atoms with Crippen molar-refractivity contribution in [2.75, 3.05) is 19.6 Å². The van der Waals surface area contributed by atoms with Crippen molar-refractivity contribution in [2.45, 2.75) is 38.8 Å². The summed E-state index contributed by atoms with van der Waals surface area (Å²) < 4.78 is 29.6. The van der Waals surface area contributed by atoms with E-state index in [4.69, 9.17) is 5.11 Å². The molecule has 1 N–H and O–H groups in total. The zero-order valence-electron chi connectivity index (χ0n) is 14.9. The molecule has 2 rings (SSSR count). The van der Waals surface area contributed by atoms with E-state index in [1.165, 1.54) is 34.1 Å². The number of benzene rings is 1. The lowest BCUT2D eigenvalue weighted by atomic mass is 10.1. The summed E-state index contributed by atoms with van der Waals surface area (Å²) in [5.41, 5.74) is -0.0360. The first-order valence-corrected chi connectivity index (χ1v) is 8.70. The Balaban J connectivity index is 2.19. The fraction of sp³-hybridized carbons (Fsp3) is 0.500. The number of alkyl halides is 2. The number of carbonyl (C=O) groups is 3. The molecule has 9 heteroatoms. The third-order valence-corrected chi connectivity index (χ3v) is 4.42. The highest BCUT2D eigenvalue weighted by atomic mass is 19.3. The van der Waals surface area contributed by atoms with Crippen molar-refractivity contribution >= 4 is 17.8 Å². The van der Waals surface area contributed by atoms with Crippen LogP contribution in [0.15, 0.2) is 24.3 Å². The third kappa shape index (κ3) is 5.15. The maximum absolute atomic E-state index is 12.9. The van der Waals surface area contributed by atoms with Gasteiger partial charge in [-0.05, 0) is 31.9 Å². The van der Waals surface area contributed by atoms with Crippen molar-refractivity contribution in [3.63, 3.8) is 0 Å². The largest absolute Gasteiger partial charge is 0.481 e. The van der Waals surface area contributed by atoms with Crippen LogP contribution in [0, 0.1) is 0 Å². The van der Waals surface area contributed by atoms with Crippen molar-refractivity contribution < 1.29 is 33.0 Å². The Bertz CT molecular complexity index is 698. The van der Waals surface area contributed by atoms with Gasteiger partial charge in [0, 0.05) is 19.6 Å². The number of aliphatic carboxylic acids is 1. The standard InChI is InChI=1S/C18H22F2N2O5/c1-2-21(11-9-15(23)24)17(26)13-7-5-10-22(13)16(25)12-6-3-4-8-14(12)27-18(19)20/h3-4,6,8,13,18H,2,5,7,9-11H2,1H3,(H,23,24).